The van der Waals surface area contributed by atoms with E-state index >= 15 is 0 Å². The third-order valence-electron chi connectivity index (χ3n) is 5.15. The zero-order valence-corrected chi connectivity index (χ0v) is 16.2. The molecule has 6 heteroatoms. The first kappa shape index (κ1) is 18.9. The van der Waals surface area contributed by atoms with Crippen LogP contribution in [-0.4, -0.2) is 23.8 Å². The molecule has 148 valence electrons. The van der Waals surface area contributed by atoms with Crippen molar-refractivity contribution in [2.75, 3.05) is 12.4 Å². The molecule has 6 nitrogen and oxygen atoms in total. The van der Waals surface area contributed by atoms with E-state index in [1.165, 1.54) is 0 Å². The van der Waals surface area contributed by atoms with Crippen molar-refractivity contribution in [2.45, 2.75) is 25.7 Å². The maximum Gasteiger partial charge on any atom is 0.251 e. The van der Waals surface area contributed by atoms with Crippen LogP contribution in [0, 0.1) is 5.92 Å². The lowest BCUT2D eigenvalue weighted by atomic mass is 10.1. The first-order valence-corrected chi connectivity index (χ1v) is 9.67. The Morgan fingerprint density at radius 1 is 1.10 bits per heavy atom. The van der Waals surface area contributed by atoms with E-state index in [4.69, 9.17) is 4.74 Å². The number of nitrogens with one attached hydrogen (secondary N) is 2. The zero-order valence-electron chi connectivity index (χ0n) is 16.2. The second-order valence-electron chi connectivity index (χ2n) is 7.34. The number of methoxy groups -OCH3 is 1. The number of Topliss-reactive ketones (excluding diaryl/α,β-unsaturated/α-hetero) is 1. The Bertz CT molecular complexity index is 1130. The number of aromatic amines is 1. The molecule has 29 heavy (non-hydrogen) atoms. The zero-order chi connectivity index (χ0) is 20.4. The largest absolute Gasteiger partial charge is 0.497 e. The van der Waals surface area contributed by atoms with Crippen LogP contribution in [0.2, 0.25) is 0 Å². The molecule has 1 saturated carbocycles. The summed E-state index contributed by atoms with van der Waals surface area (Å²) in [5.74, 6) is 0.846. The first-order valence-electron chi connectivity index (χ1n) is 9.67. The molecule has 3 aromatic rings. The molecule has 4 rings (SSSR count). The van der Waals surface area contributed by atoms with E-state index in [9.17, 15) is 14.4 Å². The van der Waals surface area contributed by atoms with Crippen molar-refractivity contribution >= 4 is 28.3 Å². The van der Waals surface area contributed by atoms with Gasteiger partial charge in [-0.15, -0.1) is 0 Å². The Morgan fingerprint density at radius 3 is 2.55 bits per heavy atom. The number of ether oxygens (including phenoxy) is 1. The average Bonchev–Trinajstić information content (AvgIpc) is 3.57. The van der Waals surface area contributed by atoms with Crippen molar-refractivity contribution in [3.8, 4) is 5.75 Å². The summed E-state index contributed by atoms with van der Waals surface area (Å²) in [7, 11) is 1.57. The quantitative estimate of drug-likeness (QED) is 0.602. The minimum Gasteiger partial charge on any atom is -0.497 e. The number of anilines is 1. The van der Waals surface area contributed by atoms with Crippen molar-refractivity contribution in [3.63, 3.8) is 0 Å². The van der Waals surface area contributed by atoms with Gasteiger partial charge in [0.1, 0.15) is 5.75 Å². The molecule has 0 unspecified atom stereocenters. The van der Waals surface area contributed by atoms with Gasteiger partial charge in [-0.3, -0.25) is 14.4 Å². The van der Waals surface area contributed by atoms with Gasteiger partial charge < -0.3 is 15.0 Å². The molecule has 1 aromatic heterocycles. The number of ketones is 1. The fourth-order valence-electron chi connectivity index (χ4n) is 3.31. The molecule has 1 heterocycles. The summed E-state index contributed by atoms with van der Waals surface area (Å²) in [6.07, 6.45) is 2.46. The van der Waals surface area contributed by atoms with Crippen LogP contribution < -0.4 is 15.6 Å². The van der Waals surface area contributed by atoms with E-state index in [-0.39, 0.29) is 29.6 Å². The maximum absolute atomic E-state index is 12.3. The summed E-state index contributed by atoms with van der Waals surface area (Å²) in [6.45, 7) is 0. The van der Waals surface area contributed by atoms with Crippen molar-refractivity contribution in [1.82, 2.24) is 4.98 Å². The molecular weight excluding hydrogens is 368 g/mol. The van der Waals surface area contributed by atoms with Crippen LogP contribution in [0.4, 0.5) is 5.69 Å². The summed E-state index contributed by atoms with van der Waals surface area (Å²) in [5, 5.41) is 3.70. The van der Waals surface area contributed by atoms with E-state index in [1.807, 2.05) is 12.1 Å². The minimum atomic E-state index is -0.207. The SMILES string of the molecule is COc1ccc2cc(CCC(=O)Nc3ccc(C(=O)C4CC4)cc3)c(=O)[nH]c2c1. The van der Waals surface area contributed by atoms with Crippen molar-refractivity contribution in [2.24, 2.45) is 5.92 Å². The van der Waals surface area contributed by atoms with Crippen molar-refractivity contribution in [3.05, 3.63) is 70.0 Å². The van der Waals surface area contributed by atoms with Crippen LogP contribution in [0.5, 0.6) is 5.75 Å². The minimum absolute atomic E-state index is 0.177. The molecule has 1 amide bonds. The Hall–Kier alpha value is -3.41. The van der Waals surface area contributed by atoms with E-state index in [0.29, 0.717) is 34.5 Å². The number of carbonyl (C=O) groups is 2. The lowest BCUT2D eigenvalue weighted by Gasteiger charge is -2.07. The molecule has 0 aliphatic heterocycles. The van der Waals surface area contributed by atoms with Gasteiger partial charge in [-0.2, -0.15) is 0 Å². The number of pyridine rings is 1. The molecule has 2 aromatic carbocycles. The smallest absolute Gasteiger partial charge is 0.251 e. The monoisotopic (exact) mass is 390 g/mol. The van der Waals surface area contributed by atoms with Gasteiger partial charge in [0.2, 0.25) is 5.91 Å². The fraction of sp³-hybridized carbons (Fsp3) is 0.261. The standard InChI is InChI=1S/C23H22N2O4/c1-29-19-10-6-16-12-17(23(28)25-20(16)13-19)7-11-21(26)24-18-8-4-15(5-9-18)22(27)14-2-3-14/h4-6,8-10,12-14H,2-3,7,11H2,1H3,(H,24,26)(H,25,28). The molecule has 0 spiro atoms. The van der Waals surface area contributed by atoms with Gasteiger partial charge in [0.25, 0.3) is 5.56 Å². The molecular formula is C23H22N2O4. The van der Waals surface area contributed by atoms with E-state index in [1.54, 1.807) is 43.5 Å². The summed E-state index contributed by atoms with van der Waals surface area (Å²) < 4.78 is 5.17. The fourth-order valence-corrected chi connectivity index (χ4v) is 3.31. The number of rotatable bonds is 7. The second kappa shape index (κ2) is 7.91. The molecule has 1 aliphatic carbocycles. The number of hydrogen-bond acceptors (Lipinski definition) is 4. The van der Waals surface area contributed by atoms with Crippen LogP contribution in [0.15, 0.2) is 53.3 Å². The van der Waals surface area contributed by atoms with Gasteiger partial charge in [0.15, 0.2) is 5.78 Å². The number of fused-ring (bicyclic) bond motifs is 1. The van der Waals surface area contributed by atoms with Crippen LogP contribution in [0.3, 0.4) is 0 Å². The Morgan fingerprint density at radius 2 is 1.86 bits per heavy atom. The Kier molecular flexibility index (Phi) is 5.16. The maximum atomic E-state index is 12.3. The molecule has 0 saturated heterocycles. The van der Waals surface area contributed by atoms with Crippen molar-refractivity contribution < 1.29 is 14.3 Å². The highest BCUT2D eigenvalue weighted by atomic mass is 16.5. The van der Waals surface area contributed by atoms with E-state index in [2.05, 4.69) is 10.3 Å². The molecule has 0 radical (unpaired) electrons. The molecule has 1 fully saturated rings. The summed E-state index contributed by atoms with van der Waals surface area (Å²) in [6, 6.07) is 14.3. The normalized spacial score (nSPS) is 13.3. The third-order valence-corrected chi connectivity index (χ3v) is 5.15. The third kappa shape index (κ3) is 4.37. The van der Waals surface area contributed by atoms with Crippen LogP contribution in [-0.2, 0) is 11.2 Å². The highest BCUT2D eigenvalue weighted by Crippen LogP contribution is 2.32. The molecule has 0 atom stereocenters. The number of hydrogen-bond donors (Lipinski definition) is 2. The summed E-state index contributed by atoms with van der Waals surface area (Å²) in [5.41, 5.74) is 2.37. The van der Waals surface area contributed by atoms with Gasteiger partial charge in [0, 0.05) is 35.2 Å². The number of carbonyl (C=O) groups excluding carboxylic acids is 2. The van der Waals surface area contributed by atoms with Gasteiger partial charge in [-0.05, 0) is 67.1 Å². The number of H-pyrrole nitrogens is 1. The molecule has 2 N–H and O–H groups in total. The highest BCUT2D eigenvalue weighted by molar-refractivity contribution is 6.00. The summed E-state index contributed by atoms with van der Waals surface area (Å²) >= 11 is 0. The van der Waals surface area contributed by atoms with Gasteiger partial charge >= 0.3 is 0 Å². The lowest BCUT2D eigenvalue weighted by Crippen LogP contribution is -2.17. The molecule has 0 bridgehead atoms. The van der Waals surface area contributed by atoms with Crippen LogP contribution in [0.25, 0.3) is 10.9 Å². The van der Waals surface area contributed by atoms with Crippen molar-refractivity contribution in [1.29, 1.82) is 0 Å². The number of amides is 1. The Balaban J connectivity index is 1.38. The average molecular weight is 390 g/mol. The van der Waals surface area contributed by atoms with Crippen LogP contribution in [0.1, 0.15) is 35.2 Å². The summed E-state index contributed by atoms with van der Waals surface area (Å²) in [4.78, 5) is 39.5. The van der Waals surface area contributed by atoms with Gasteiger partial charge in [0.05, 0.1) is 12.6 Å². The van der Waals surface area contributed by atoms with E-state index < -0.39 is 0 Å². The first-order chi connectivity index (χ1) is 14.0. The second-order valence-corrected chi connectivity index (χ2v) is 7.34. The predicted molar refractivity (Wildman–Crippen MR) is 112 cm³/mol. The highest BCUT2D eigenvalue weighted by Gasteiger charge is 2.30. The van der Waals surface area contributed by atoms with E-state index in [0.717, 1.165) is 18.2 Å². The predicted octanol–water partition coefficient (Wildman–Crippen LogP) is 3.70. The van der Waals surface area contributed by atoms with Gasteiger partial charge in [-0.1, -0.05) is 0 Å². The topological polar surface area (TPSA) is 88.3 Å². The molecule has 1 aliphatic rings. The van der Waals surface area contributed by atoms with Crippen LogP contribution >= 0.6 is 0 Å². The number of aromatic nitrogens is 1. The number of aryl methyl sites for hydroxylation is 1. The van der Waals surface area contributed by atoms with Gasteiger partial charge in [-0.25, -0.2) is 0 Å². The number of benzene rings is 2. The Labute approximate surface area is 167 Å². The lowest BCUT2D eigenvalue weighted by molar-refractivity contribution is -0.116.